The first-order valence-electron chi connectivity index (χ1n) is 5.38. The highest BCUT2D eigenvalue weighted by molar-refractivity contribution is 6.30. The monoisotopic (exact) mass is 253 g/mol. The van der Waals surface area contributed by atoms with E-state index in [0.717, 1.165) is 11.1 Å². The minimum Gasteiger partial charge on any atom is -0.478 e. The third-order valence-corrected chi connectivity index (χ3v) is 2.68. The van der Waals surface area contributed by atoms with Crippen molar-refractivity contribution < 1.29 is 9.90 Å². The average molecular weight is 254 g/mol. The third-order valence-electron chi connectivity index (χ3n) is 2.43. The largest absolute Gasteiger partial charge is 0.478 e. The SMILES string of the molecule is C/C(=C\C(=O)O)CN[C@@H](C)c1ccc(Cl)cc1. The van der Waals surface area contributed by atoms with Crippen molar-refractivity contribution in [3.63, 3.8) is 0 Å². The van der Waals surface area contributed by atoms with Crippen LogP contribution in [0.4, 0.5) is 0 Å². The number of aliphatic carboxylic acids is 1. The van der Waals surface area contributed by atoms with E-state index in [1.165, 1.54) is 6.08 Å². The molecular formula is C13H16ClNO2. The molecule has 3 nitrogen and oxygen atoms in total. The van der Waals surface area contributed by atoms with Crippen LogP contribution in [0, 0.1) is 0 Å². The molecule has 0 radical (unpaired) electrons. The van der Waals surface area contributed by atoms with Crippen molar-refractivity contribution in [2.75, 3.05) is 6.54 Å². The van der Waals surface area contributed by atoms with E-state index in [-0.39, 0.29) is 6.04 Å². The molecule has 1 aromatic rings. The Kier molecular flexibility index (Phi) is 5.19. The molecule has 0 fully saturated rings. The number of rotatable bonds is 5. The summed E-state index contributed by atoms with van der Waals surface area (Å²) in [5, 5.41) is 12.5. The predicted molar refractivity (Wildman–Crippen MR) is 69.3 cm³/mol. The number of hydrogen-bond donors (Lipinski definition) is 2. The Morgan fingerprint density at radius 1 is 1.47 bits per heavy atom. The Morgan fingerprint density at radius 2 is 2.06 bits per heavy atom. The van der Waals surface area contributed by atoms with Crippen molar-refractivity contribution in [2.24, 2.45) is 0 Å². The van der Waals surface area contributed by atoms with Crippen LogP contribution in [0.2, 0.25) is 5.02 Å². The molecule has 17 heavy (non-hydrogen) atoms. The zero-order valence-corrected chi connectivity index (χ0v) is 10.7. The van der Waals surface area contributed by atoms with Crippen LogP contribution < -0.4 is 5.32 Å². The summed E-state index contributed by atoms with van der Waals surface area (Å²) in [5.74, 6) is -0.913. The highest BCUT2D eigenvalue weighted by Crippen LogP contribution is 2.16. The normalized spacial score (nSPS) is 13.5. The van der Waals surface area contributed by atoms with E-state index in [2.05, 4.69) is 5.32 Å². The molecule has 0 unspecified atom stereocenters. The molecule has 4 heteroatoms. The number of halogens is 1. The highest BCUT2D eigenvalue weighted by Gasteiger charge is 2.04. The fraction of sp³-hybridized carbons (Fsp3) is 0.308. The Balaban J connectivity index is 2.52. The quantitative estimate of drug-likeness (QED) is 0.793. The fourth-order valence-corrected chi connectivity index (χ4v) is 1.57. The van der Waals surface area contributed by atoms with Crippen LogP contribution in [-0.4, -0.2) is 17.6 Å². The molecule has 2 N–H and O–H groups in total. The maximum Gasteiger partial charge on any atom is 0.328 e. The zero-order chi connectivity index (χ0) is 12.8. The summed E-state index contributed by atoms with van der Waals surface area (Å²) in [6.45, 7) is 4.36. The summed E-state index contributed by atoms with van der Waals surface area (Å²) in [5.41, 5.74) is 1.91. The standard InChI is InChI=1S/C13H16ClNO2/c1-9(7-13(16)17)8-15-10(2)11-3-5-12(14)6-4-11/h3-7,10,15H,8H2,1-2H3,(H,16,17)/b9-7+/t10-/m0/s1. The first-order chi connectivity index (χ1) is 7.99. The summed E-state index contributed by atoms with van der Waals surface area (Å²) in [6.07, 6.45) is 1.21. The second-order valence-corrected chi connectivity index (χ2v) is 4.42. The summed E-state index contributed by atoms with van der Waals surface area (Å²) in [6, 6.07) is 7.75. The van der Waals surface area contributed by atoms with Gasteiger partial charge in [0.05, 0.1) is 0 Å². The number of carboxylic acid groups (broad SMARTS) is 1. The van der Waals surface area contributed by atoms with E-state index in [4.69, 9.17) is 16.7 Å². The molecule has 0 aliphatic rings. The van der Waals surface area contributed by atoms with Gasteiger partial charge in [-0.1, -0.05) is 29.3 Å². The smallest absolute Gasteiger partial charge is 0.328 e. The van der Waals surface area contributed by atoms with Crippen molar-refractivity contribution in [3.8, 4) is 0 Å². The van der Waals surface area contributed by atoms with Crippen LogP contribution in [0.1, 0.15) is 25.5 Å². The molecule has 0 aromatic heterocycles. The van der Waals surface area contributed by atoms with E-state index in [0.29, 0.717) is 11.6 Å². The van der Waals surface area contributed by atoms with Crippen molar-refractivity contribution in [1.82, 2.24) is 5.32 Å². The molecule has 0 saturated heterocycles. The first-order valence-corrected chi connectivity index (χ1v) is 5.76. The molecule has 0 bridgehead atoms. The van der Waals surface area contributed by atoms with Gasteiger partial charge >= 0.3 is 5.97 Å². The second kappa shape index (κ2) is 6.42. The molecule has 0 aliphatic carbocycles. The Labute approximate surface area is 106 Å². The Morgan fingerprint density at radius 3 is 2.59 bits per heavy atom. The summed E-state index contributed by atoms with van der Waals surface area (Å²) in [4.78, 5) is 10.4. The van der Waals surface area contributed by atoms with Gasteiger partial charge in [0.15, 0.2) is 0 Å². The number of carboxylic acids is 1. The van der Waals surface area contributed by atoms with Gasteiger partial charge in [0.2, 0.25) is 0 Å². The van der Waals surface area contributed by atoms with Crippen LogP contribution in [0.25, 0.3) is 0 Å². The molecule has 1 atom stereocenters. The van der Waals surface area contributed by atoms with Gasteiger partial charge in [-0.05, 0) is 31.5 Å². The van der Waals surface area contributed by atoms with Gasteiger partial charge < -0.3 is 10.4 Å². The topological polar surface area (TPSA) is 49.3 Å². The number of benzene rings is 1. The molecule has 0 aliphatic heterocycles. The van der Waals surface area contributed by atoms with Gasteiger partial charge in [0.1, 0.15) is 0 Å². The van der Waals surface area contributed by atoms with Gasteiger partial charge in [0.25, 0.3) is 0 Å². The van der Waals surface area contributed by atoms with E-state index in [9.17, 15) is 4.79 Å². The van der Waals surface area contributed by atoms with Gasteiger partial charge in [0, 0.05) is 23.7 Å². The van der Waals surface area contributed by atoms with Crippen LogP contribution >= 0.6 is 11.6 Å². The fourth-order valence-electron chi connectivity index (χ4n) is 1.45. The van der Waals surface area contributed by atoms with E-state index in [1.807, 2.05) is 31.2 Å². The lowest BCUT2D eigenvalue weighted by molar-refractivity contribution is -0.131. The van der Waals surface area contributed by atoms with Gasteiger partial charge in [-0.3, -0.25) is 0 Å². The zero-order valence-electron chi connectivity index (χ0n) is 9.90. The number of carbonyl (C=O) groups is 1. The Hall–Kier alpha value is -1.32. The molecule has 1 rings (SSSR count). The molecular weight excluding hydrogens is 238 g/mol. The predicted octanol–water partition coefficient (Wildman–Crippen LogP) is 3.02. The molecule has 0 heterocycles. The van der Waals surface area contributed by atoms with Crippen molar-refractivity contribution in [3.05, 3.63) is 46.5 Å². The highest BCUT2D eigenvalue weighted by atomic mass is 35.5. The van der Waals surface area contributed by atoms with Crippen molar-refractivity contribution in [1.29, 1.82) is 0 Å². The summed E-state index contributed by atoms with van der Waals surface area (Å²) >= 11 is 5.81. The van der Waals surface area contributed by atoms with Crippen molar-refractivity contribution >= 4 is 17.6 Å². The second-order valence-electron chi connectivity index (χ2n) is 3.98. The van der Waals surface area contributed by atoms with E-state index >= 15 is 0 Å². The van der Waals surface area contributed by atoms with Gasteiger partial charge in [-0.2, -0.15) is 0 Å². The number of hydrogen-bond acceptors (Lipinski definition) is 2. The van der Waals surface area contributed by atoms with Gasteiger partial charge in [-0.25, -0.2) is 4.79 Å². The molecule has 92 valence electrons. The molecule has 0 spiro atoms. The molecule has 0 amide bonds. The minimum absolute atomic E-state index is 0.157. The minimum atomic E-state index is -0.913. The van der Waals surface area contributed by atoms with Crippen LogP contribution in [0.3, 0.4) is 0 Å². The molecule has 0 saturated carbocycles. The lowest BCUT2D eigenvalue weighted by Crippen LogP contribution is -2.20. The van der Waals surface area contributed by atoms with Crippen LogP contribution in [0.15, 0.2) is 35.9 Å². The summed E-state index contributed by atoms with van der Waals surface area (Å²) in [7, 11) is 0. The number of nitrogens with one attached hydrogen (secondary N) is 1. The van der Waals surface area contributed by atoms with Gasteiger partial charge in [-0.15, -0.1) is 0 Å². The Bertz CT molecular complexity index is 412. The van der Waals surface area contributed by atoms with Crippen molar-refractivity contribution in [2.45, 2.75) is 19.9 Å². The summed E-state index contributed by atoms with van der Waals surface area (Å²) < 4.78 is 0. The maximum absolute atomic E-state index is 10.4. The van der Waals surface area contributed by atoms with Crippen LogP contribution in [0.5, 0.6) is 0 Å². The third kappa shape index (κ3) is 5.02. The first kappa shape index (κ1) is 13.7. The van der Waals surface area contributed by atoms with Crippen LogP contribution in [-0.2, 0) is 4.79 Å². The van der Waals surface area contributed by atoms with E-state index < -0.39 is 5.97 Å². The lowest BCUT2D eigenvalue weighted by atomic mass is 10.1. The average Bonchev–Trinajstić information content (AvgIpc) is 2.26. The van der Waals surface area contributed by atoms with E-state index in [1.54, 1.807) is 6.92 Å². The molecule has 1 aromatic carbocycles. The maximum atomic E-state index is 10.4. The lowest BCUT2D eigenvalue weighted by Gasteiger charge is -2.14.